The monoisotopic (exact) mass is 437 g/mol. The summed E-state index contributed by atoms with van der Waals surface area (Å²) in [6.45, 7) is 1.22. The van der Waals surface area contributed by atoms with E-state index in [-0.39, 0.29) is 23.6 Å². The second kappa shape index (κ2) is 7.93. The summed E-state index contributed by atoms with van der Waals surface area (Å²) < 4.78 is 19.8. The van der Waals surface area contributed by atoms with Crippen LogP contribution < -0.4 is 15.4 Å². The van der Waals surface area contributed by atoms with E-state index in [1.807, 2.05) is 18.2 Å². The first-order valence-electron chi connectivity index (χ1n) is 10.9. The van der Waals surface area contributed by atoms with Crippen molar-refractivity contribution in [2.24, 2.45) is 5.92 Å². The van der Waals surface area contributed by atoms with Gasteiger partial charge in [-0.05, 0) is 48.9 Å². The highest BCUT2D eigenvalue weighted by Crippen LogP contribution is 2.42. The van der Waals surface area contributed by atoms with Crippen LogP contribution in [0.1, 0.15) is 30.4 Å². The Morgan fingerprint density at radius 1 is 1.12 bits per heavy atom. The van der Waals surface area contributed by atoms with Gasteiger partial charge in [0.05, 0.1) is 0 Å². The number of carbonyl (C=O) groups is 3. The minimum Gasteiger partial charge on any atom is -0.480 e. The first-order chi connectivity index (χ1) is 15.4. The highest BCUT2D eigenvalue weighted by molar-refractivity contribution is 6.08. The van der Waals surface area contributed by atoms with Crippen LogP contribution in [-0.2, 0) is 21.5 Å². The molecule has 5 rings (SSSR count). The van der Waals surface area contributed by atoms with Gasteiger partial charge in [-0.15, -0.1) is 0 Å². The predicted octanol–water partition coefficient (Wildman–Crippen LogP) is 2.49. The third-order valence-corrected chi connectivity index (χ3v) is 6.67. The van der Waals surface area contributed by atoms with Gasteiger partial charge in [0.1, 0.15) is 11.6 Å². The van der Waals surface area contributed by atoms with Crippen LogP contribution in [0, 0.1) is 11.7 Å². The van der Waals surface area contributed by atoms with Crippen LogP contribution in [0.3, 0.4) is 0 Å². The van der Waals surface area contributed by atoms with Gasteiger partial charge in [-0.2, -0.15) is 0 Å². The van der Waals surface area contributed by atoms with E-state index in [1.54, 1.807) is 4.90 Å². The fourth-order valence-electron chi connectivity index (χ4n) is 4.99. The quantitative estimate of drug-likeness (QED) is 0.723. The highest BCUT2D eigenvalue weighted by Gasteiger charge is 2.55. The van der Waals surface area contributed by atoms with E-state index in [4.69, 9.17) is 4.74 Å². The number of nitrogens with one attached hydrogen (secondary N) is 2. The second-order valence-corrected chi connectivity index (χ2v) is 8.72. The topological polar surface area (TPSA) is 87.7 Å². The van der Waals surface area contributed by atoms with Gasteiger partial charge in [-0.25, -0.2) is 9.18 Å². The summed E-state index contributed by atoms with van der Waals surface area (Å²) in [5.41, 5.74) is 0.00626. The number of rotatable bonds is 3. The van der Waals surface area contributed by atoms with E-state index in [2.05, 4.69) is 22.8 Å². The lowest BCUT2D eigenvalue weighted by molar-refractivity contribution is -0.143. The number of fused-ring (bicyclic) bond motifs is 2. The van der Waals surface area contributed by atoms with Crippen molar-refractivity contribution in [3.63, 3.8) is 0 Å². The maximum atomic E-state index is 13.9. The molecule has 166 valence electrons. The Morgan fingerprint density at radius 3 is 2.56 bits per heavy atom. The number of likely N-dealkylation sites (tertiary alicyclic amines) is 1. The van der Waals surface area contributed by atoms with Gasteiger partial charge in [0.15, 0.2) is 11.6 Å². The Kier molecular flexibility index (Phi) is 5.07. The molecule has 2 aromatic rings. The molecule has 1 spiro atoms. The number of hydrogen-bond acceptors (Lipinski definition) is 4. The minimum absolute atomic E-state index is 0.0796. The van der Waals surface area contributed by atoms with Crippen molar-refractivity contribution in [2.75, 3.05) is 13.1 Å². The molecule has 2 aromatic carbocycles. The van der Waals surface area contributed by atoms with Crippen molar-refractivity contribution in [1.29, 1.82) is 0 Å². The smallest absolute Gasteiger partial charge is 0.322 e. The van der Waals surface area contributed by atoms with E-state index in [0.717, 1.165) is 19.3 Å². The third-order valence-electron chi connectivity index (χ3n) is 6.67. The molecule has 4 amide bonds. The van der Waals surface area contributed by atoms with Crippen molar-refractivity contribution >= 4 is 17.8 Å². The van der Waals surface area contributed by atoms with Crippen molar-refractivity contribution in [3.05, 3.63) is 65.5 Å². The summed E-state index contributed by atoms with van der Waals surface area (Å²) in [5.74, 6) is -0.634. The number of carbonyl (C=O) groups excluding carboxylic acids is 3. The summed E-state index contributed by atoms with van der Waals surface area (Å²) in [6.07, 6.45) is 1.73. The molecule has 0 radical (unpaired) electrons. The van der Waals surface area contributed by atoms with Crippen LogP contribution in [-0.4, -0.2) is 41.9 Å². The number of imide groups is 1. The molecule has 2 saturated heterocycles. The van der Waals surface area contributed by atoms with Gasteiger partial charge in [0.25, 0.3) is 11.8 Å². The van der Waals surface area contributed by atoms with Crippen LogP contribution in [0.2, 0.25) is 0 Å². The molecule has 8 heteroatoms. The van der Waals surface area contributed by atoms with Gasteiger partial charge in [0.2, 0.25) is 0 Å². The van der Waals surface area contributed by atoms with Gasteiger partial charge < -0.3 is 15.0 Å². The SMILES string of the molecule is O=C1NC(=O)[C@]2(C[C@@H](C(=O)N3CCC(Cc4ccccc4)CC3)Oc3ccc(F)cc32)N1. The molecular formula is C24H24FN3O4. The molecule has 0 saturated carbocycles. The van der Waals surface area contributed by atoms with Crippen molar-refractivity contribution in [2.45, 2.75) is 37.3 Å². The summed E-state index contributed by atoms with van der Waals surface area (Å²) in [4.78, 5) is 39.7. The number of nitrogens with zero attached hydrogens (tertiary/aromatic N) is 1. The zero-order chi connectivity index (χ0) is 22.3. The third kappa shape index (κ3) is 3.59. The molecule has 2 atom stereocenters. The normalized spacial score (nSPS) is 25.2. The summed E-state index contributed by atoms with van der Waals surface area (Å²) in [6, 6.07) is 13.4. The largest absolute Gasteiger partial charge is 0.480 e. The first kappa shape index (κ1) is 20.5. The van der Waals surface area contributed by atoms with Gasteiger partial charge in [-0.1, -0.05) is 30.3 Å². The zero-order valence-corrected chi connectivity index (χ0v) is 17.5. The Bertz CT molecular complexity index is 1070. The highest BCUT2D eigenvalue weighted by atomic mass is 19.1. The second-order valence-electron chi connectivity index (χ2n) is 8.72. The van der Waals surface area contributed by atoms with Gasteiger partial charge >= 0.3 is 6.03 Å². The Balaban J connectivity index is 1.31. The number of ether oxygens (including phenoxy) is 1. The molecular weight excluding hydrogens is 413 g/mol. The lowest BCUT2D eigenvalue weighted by Gasteiger charge is -2.40. The maximum Gasteiger partial charge on any atom is 0.322 e. The van der Waals surface area contributed by atoms with Crippen LogP contribution >= 0.6 is 0 Å². The molecule has 2 fully saturated rings. The lowest BCUT2D eigenvalue weighted by atomic mass is 9.81. The zero-order valence-electron chi connectivity index (χ0n) is 17.5. The molecule has 3 aliphatic heterocycles. The van der Waals surface area contributed by atoms with Crippen molar-refractivity contribution in [3.8, 4) is 5.75 Å². The van der Waals surface area contributed by atoms with Gasteiger partial charge in [-0.3, -0.25) is 14.9 Å². The fourth-order valence-corrected chi connectivity index (χ4v) is 4.99. The van der Waals surface area contributed by atoms with E-state index >= 15 is 0 Å². The van der Waals surface area contributed by atoms with E-state index in [1.165, 1.54) is 23.8 Å². The standard InChI is InChI=1S/C24H24FN3O4/c25-17-6-7-19-18(13-17)24(22(30)26-23(31)27-24)14-20(32-19)21(29)28-10-8-16(9-11-28)12-15-4-2-1-3-5-15/h1-7,13,16,20H,8-12,14H2,(H2,26,27,30,31)/t20-,24+/m0/s1. The Morgan fingerprint density at radius 2 is 1.88 bits per heavy atom. The van der Waals surface area contributed by atoms with Gasteiger partial charge in [0, 0.05) is 25.1 Å². The summed E-state index contributed by atoms with van der Waals surface area (Å²) in [7, 11) is 0. The maximum absolute atomic E-state index is 13.9. The lowest BCUT2D eigenvalue weighted by Crippen LogP contribution is -2.55. The number of urea groups is 1. The minimum atomic E-state index is -1.52. The molecule has 2 N–H and O–H groups in total. The molecule has 7 nitrogen and oxygen atoms in total. The molecule has 0 unspecified atom stereocenters. The van der Waals surface area contributed by atoms with E-state index in [9.17, 15) is 18.8 Å². The average molecular weight is 437 g/mol. The molecule has 3 heterocycles. The predicted molar refractivity (Wildman–Crippen MR) is 113 cm³/mol. The number of piperidine rings is 1. The number of halogens is 1. The summed E-state index contributed by atoms with van der Waals surface area (Å²) >= 11 is 0. The molecule has 3 aliphatic rings. The van der Waals surface area contributed by atoms with Crippen molar-refractivity contribution in [1.82, 2.24) is 15.5 Å². The fraction of sp³-hybridized carbons (Fsp3) is 0.375. The summed E-state index contributed by atoms with van der Waals surface area (Å²) in [5, 5.41) is 4.82. The Hall–Kier alpha value is -3.42. The first-order valence-corrected chi connectivity index (χ1v) is 10.9. The molecule has 0 aromatic heterocycles. The number of amides is 4. The molecule has 0 bridgehead atoms. The number of benzene rings is 2. The van der Waals surface area contributed by atoms with Crippen LogP contribution in [0.4, 0.5) is 9.18 Å². The number of hydrogen-bond donors (Lipinski definition) is 2. The Labute approximate surface area is 184 Å². The van der Waals surface area contributed by atoms with Crippen LogP contribution in [0.15, 0.2) is 48.5 Å². The van der Waals surface area contributed by atoms with Crippen molar-refractivity contribution < 1.29 is 23.5 Å². The van der Waals surface area contributed by atoms with E-state index in [0.29, 0.717) is 19.0 Å². The molecule has 32 heavy (non-hydrogen) atoms. The average Bonchev–Trinajstić information content (AvgIpc) is 3.08. The van der Waals surface area contributed by atoms with Crippen LogP contribution in [0.5, 0.6) is 5.75 Å². The van der Waals surface area contributed by atoms with Crippen LogP contribution in [0.25, 0.3) is 0 Å². The molecule has 0 aliphatic carbocycles. The van der Waals surface area contributed by atoms with E-state index < -0.39 is 29.4 Å².